The van der Waals surface area contributed by atoms with E-state index in [-0.39, 0.29) is 17.7 Å². The predicted molar refractivity (Wildman–Crippen MR) is 174 cm³/mol. The molecule has 0 bridgehead atoms. The standard InChI is InChI=1S/C34H44BrN5O3/c1-22(10-11-24-12-14-25(15-13-24)43-30-9-5-7-28(35)23(30)2)39-18-20-40(21-19-39)29-8-4-6-26-32(37-38(3)33(26)29)27-16-17-31(41)36-34(27)42/h4-9,22,24-25,27H,10-21H2,1-3H3,(H,36,41,42). The molecule has 1 N–H and O–H groups in total. The number of anilines is 1. The summed E-state index contributed by atoms with van der Waals surface area (Å²) in [4.78, 5) is 29.4. The molecule has 43 heavy (non-hydrogen) atoms. The number of nitrogens with zero attached hydrogens (tertiary/aromatic N) is 4. The van der Waals surface area contributed by atoms with E-state index in [2.05, 4.69) is 81.3 Å². The number of fused-ring (bicyclic) bond motifs is 1. The maximum absolute atomic E-state index is 12.6. The number of nitrogens with one attached hydrogen (secondary N) is 1. The van der Waals surface area contributed by atoms with Crippen LogP contribution in [0.4, 0.5) is 5.69 Å². The third kappa shape index (κ3) is 6.48. The molecule has 2 aliphatic heterocycles. The van der Waals surface area contributed by atoms with E-state index in [1.807, 2.05) is 11.7 Å². The molecule has 230 valence electrons. The normalized spacial score (nSPS) is 24.3. The van der Waals surface area contributed by atoms with Crippen molar-refractivity contribution in [2.24, 2.45) is 13.0 Å². The van der Waals surface area contributed by atoms with Crippen LogP contribution in [0.2, 0.25) is 0 Å². The number of piperidine rings is 1. The van der Waals surface area contributed by atoms with Crippen molar-refractivity contribution in [2.75, 3.05) is 31.1 Å². The van der Waals surface area contributed by atoms with Gasteiger partial charge in [0.15, 0.2) is 0 Å². The number of rotatable bonds is 8. The Morgan fingerprint density at radius 3 is 2.51 bits per heavy atom. The summed E-state index contributed by atoms with van der Waals surface area (Å²) in [6.45, 7) is 8.55. The largest absolute Gasteiger partial charge is 0.490 e. The second-order valence-corrected chi connectivity index (χ2v) is 13.6. The molecule has 2 unspecified atom stereocenters. The summed E-state index contributed by atoms with van der Waals surface area (Å²) in [5.41, 5.74) is 4.21. The van der Waals surface area contributed by atoms with E-state index in [1.54, 1.807) is 0 Å². The second kappa shape index (κ2) is 13.0. The zero-order chi connectivity index (χ0) is 30.1. The molecule has 1 aliphatic carbocycles. The van der Waals surface area contributed by atoms with Gasteiger partial charge in [0.1, 0.15) is 5.75 Å². The monoisotopic (exact) mass is 649 g/mol. The van der Waals surface area contributed by atoms with Crippen LogP contribution in [0.1, 0.15) is 75.5 Å². The van der Waals surface area contributed by atoms with Crippen LogP contribution in [-0.4, -0.2) is 64.8 Å². The van der Waals surface area contributed by atoms with Gasteiger partial charge in [0.05, 0.1) is 28.9 Å². The number of carbonyl (C=O) groups is 2. The topological polar surface area (TPSA) is 79.7 Å². The molecule has 2 amide bonds. The van der Waals surface area contributed by atoms with Crippen LogP contribution >= 0.6 is 15.9 Å². The maximum Gasteiger partial charge on any atom is 0.235 e. The van der Waals surface area contributed by atoms with Gasteiger partial charge in [-0.25, -0.2) is 0 Å². The highest BCUT2D eigenvalue weighted by atomic mass is 79.9. The smallest absolute Gasteiger partial charge is 0.235 e. The first kappa shape index (κ1) is 30.1. The summed E-state index contributed by atoms with van der Waals surface area (Å²) in [6, 6.07) is 13.1. The van der Waals surface area contributed by atoms with Gasteiger partial charge in [-0.2, -0.15) is 5.10 Å². The van der Waals surface area contributed by atoms with Crippen molar-refractivity contribution in [3.05, 3.63) is 52.1 Å². The Morgan fingerprint density at radius 1 is 1.02 bits per heavy atom. The SMILES string of the molecule is Cc1c(Br)cccc1OC1CCC(CCC(C)N2CCN(c3cccc4c(C5CCC(=O)NC5=O)nn(C)c34)CC2)CC1. The molecule has 2 aromatic carbocycles. The first-order valence-electron chi connectivity index (χ1n) is 16.0. The van der Waals surface area contributed by atoms with Crippen LogP contribution in [0.15, 0.2) is 40.9 Å². The molecular formula is C34H44BrN5O3. The molecule has 3 heterocycles. The number of ether oxygens (including phenoxy) is 1. The van der Waals surface area contributed by atoms with Gasteiger partial charge < -0.3 is 9.64 Å². The number of aryl methyl sites for hydroxylation is 1. The molecule has 8 nitrogen and oxygen atoms in total. The summed E-state index contributed by atoms with van der Waals surface area (Å²) in [6.07, 6.45) is 8.55. The number of hydrogen-bond donors (Lipinski definition) is 1. The van der Waals surface area contributed by atoms with Crippen molar-refractivity contribution in [2.45, 2.75) is 83.3 Å². The highest BCUT2D eigenvalue weighted by molar-refractivity contribution is 9.10. The lowest BCUT2D eigenvalue weighted by atomic mass is 9.83. The van der Waals surface area contributed by atoms with Crippen LogP contribution in [0.5, 0.6) is 5.75 Å². The van der Waals surface area contributed by atoms with Crippen LogP contribution < -0.4 is 15.0 Å². The zero-order valence-electron chi connectivity index (χ0n) is 25.7. The van der Waals surface area contributed by atoms with Gasteiger partial charge in [-0.1, -0.05) is 34.1 Å². The number of imide groups is 1. The average molecular weight is 651 g/mol. The first-order chi connectivity index (χ1) is 20.8. The lowest BCUT2D eigenvalue weighted by molar-refractivity contribution is -0.134. The Bertz CT molecular complexity index is 1470. The Balaban J connectivity index is 0.998. The number of benzene rings is 2. The molecule has 2 atom stereocenters. The third-order valence-electron chi connectivity index (χ3n) is 10.0. The van der Waals surface area contributed by atoms with Crippen molar-refractivity contribution in [1.82, 2.24) is 20.0 Å². The van der Waals surface area contributed by atoms with Gasteiger partial charge >= 0.3 is 0 Å². The van der Waals surface area contributed by atoms with Gasteiger partial charge in [0, 0.05) is 61.1 Å². The van der Waals surface area contributed by atoms with E-state index < -0.39 is 0 Å². The van der Waals surface area contributed by atoms with E-state index >= 15 is 0 Å². The third-order valence-corrected chi connectivity index (χ3v) is 10.9. The molecule has 1 saturated carbocycles. The molecular weight excluding hydrogens is 606 g/mol. The van der Waals surface area contributed by atoms with Crippen molar-refractivity contribution in [1.29, 1.82) is 0 Å². The fourth-order valence-electron chi connectivity index (χ4n) is 7.31. The van der Waals surface area contributed by atoms with Crippen LogP contribution in [-0.2, 0) is 16.6 Å². The number of hydrogen-bond acceptors (Lipinski definition) is 6. The van der Waals surface area contributed by atoms with Gasteiger partial charge in [-0.3, -0.25) is 24.5 Å². The molecule has 0 radical (unpaired) electrons. The van der Waals surface area contributed by atoms with Gasteiger partial charge in [0.25, 0.3) is 0 Å². The average Bonchev–Trinajstić information content (AvgIpc) is 3.35. The van der Waals surface area contributed by atoms with E-state index in [1.165, 1.54) is 36.9 Å². The number of para-hydroxylation sites is 1. The van der Waals surface area contributed by atoms with Crippen molar-refractivity contribution >= 4 is 44.3 Å². The first-order valence-corrected chi connectivity index (χ1v) is 16.8. The van der Waals surface area contributed by atoms with E-state index in [9.17, 15) is 9.59 Å². The quantitative estimate of drug-likeness (QED) is 0.298. The van der Waals surface area contributed by atoms with Crippen molar-refractivity contribution in [3.63, 3.8) is 0 Å². The number of amides is 2. The molecule has 3 fully saturated rings. The zero-order valence-corrected chi connectivity index (χ0v) is 27.2. The lowest BCUT2D eigenvalue weighted by Crippen LogP contribution is -2.49. The number of aromatic nitrogens is 2. The summed E-state index contributed by atoms with van der Waals surface area (Å²) >= 11 is 3.62. The fourth-order valence-corrected chi connectivity index (χ4v) is 7.65. The Hall–Kier alpha value is -2.91. The van der Waals surface area contributed by atoms with E-state index in [0.717, 1.165) is 71.8 Å². The van der Waals surface area contributed by atoms with E-state index in [0.29, 0.717) is 25.0 Å². The molecule has 6 rings (SSSR count). The van der Waals surface area contributed by atoms with Crippen LogP contribution in [0.25, 0.3) is 10.9 Å². The molecule has 3 aliphatic rings. The number of piperazine rings is 1. The lowest BCUT2D eigenvalue weighted by Gasteiger charge is -2.40. The summed E-state index contributed by atoms with van der Waals surface area (Å²) in [5, 5.41) is 8.29. The van der Waals surface area contributed by atoms with Crippen molar-refractivity contribution in [3.8, 4) is 5.75 Å². The Morgan fingerprint density at radius 2 is 1.77 bits per heavy atom. The minimum atomic E-state index is -0.382. The minimum Gasteiger partial charge on any atom is -0.490 e. The maximum atomic E-state index is 12.6. The highest BCUT2D eigenvalue weighted by Gasteiger charge is 2.33. The second-order valence-electron chi connectivity index (χ2n) is 12.8. The molecule has 3 aromatic rings. The predicted octanol–water partition coefficient (Wildman–Crippen LogP) is 6.09. The van der Waals surface area contributed by atoms with E-state index in [4.69, 9.17) is 9.84 Å². The van der Waals surface area contributed by atoms with Crippen molar-refractivity contribution < 1.29 is 14.3 Å². The molecule has 2 saturated heterocycles. The highest BCUT2D eigenvalue weighted by Crippen LogP contribution is 2.36. The minimum absolute atomic E-state index is 0.196. The van der Waals surface area contributed by atoms with Crippen LogP contribution in [0.3, 0.4) is 0 Å². The number of halogens is 1. The molecule has 9 heteroatoms. The summed E-state index contributed by atoms with van der Waals surface area (Å²) in [5.74, 6) is 1.00. The van der Waals surface area contributed by atoms with Crippen LogP contribution in [0, 0.1) is 12.8 Å². The Kier molecular flexibility index (Phi) is 9.10. The number of carbonyl (C=O) groups excluding carboxylic acids is 2. The molecule has 0 spiro atoms. The Labute approximate surface area is 263 Å². The van der Waals surface area contributed by atoms with Gasteiger partial charge in [-0.15, -0.1) is 0 Å². The van der Waals surface area contributed by atoms with Gasteiger partial charge in [0.2, 0.25) is 11.8 Å². The van der Waals surface area contributed by atoms with Gasteiger partial charge in [-0.05, 0) is 82.9 Å². The summed E-state index contributed by atoms with van der Waals surface area (Å²) < 4.78 is 9.41. The summed E-state index contributed by atoms with van der Waals surface area (Å²) in [7, 11) is 1.96. The fraction of sp³-hybridized carbons (Fsp3) is 0.559. The molecule has 1 aromatic heterocycles.